The van der Waals surface area contributed by atoms with E-state index in [9.17, 15) is 9.59 Å². The van der Waals surface area contributed by atoms with Crippen molar-refractivity contribution in [1.29, 1.82) is 0 Å². The largest absolute Gasteiger partial charge is 0.478 e. The van der Waals surface area contributed by atoms with Crippen molar-refractivity contribution in [3.63, 3.8) is 0 Å². The van der Waals surface area contributed by atoms with Crippen LogP contribution in [0.1, 0.15) is 44.1 Å². The lowest BCUT2D eigenvalue weighted by molar-refractivity contribution is -0.134. The van der Waals surface area contributed by atoms with Gasteiger partial charge in [0.05, 0.1) is 0 Å². The van der Waals surface area contributed by atoms with Crippen molar-refractivity contribution >= 4 is 11.9 Å². The smallest absolute Gasteiger partial charge is 0.328 e. The summed E-state index contributed by atoms with van der Waals surface area (Å²) in [5.74, 6) is -2.51. The normalized spacial score (nSPS) is 28.9. The van der Waals surface area contributed by atoms with Crippen molar-refractivity contribution in [2.24, 2.45) is 5.73 Å². The molecule has 4 rings (SSSR count). The van der Waals surface area contributed by atoms with Crippen LogP contribution in [0.2, 0.25) is 0 Å². The Morgan fingerprint density at radius 3 is 1.96 bits per heavy atom. The molecule has 6 heteroatoms. The van der Waals surface area contributed by atoms with Crippen LogP contribution in [0, 0.1) is 0 Å². The van der Waals surface area contributed by atoms with Crippen LogP contribution in [0.15, 0.2) is 36.7 Å². The molecule has 3 aliphatic rings. The highest BCUT2D eigenvalue weighted by Crippen LogP contribution is 2.52. The Morgan fingerprint density at radius 2 is 1.57 bits per heavy atom. The molecule has 1 heterocycles. The summed E-state index contributed by atoms with van der Waals surface area (Å²) < 4.78 is 0. The summed E-state index contributed by atoms with van der Waals surface area (Å²) in [6.45, 7) is 0. The monoisotopic (exact) mass is 318 g/mol. The van der Waals surface area contributed by atoms with E-state index >= 15 is 0 Å². The number of carboxylic acids is 2. The fourth-order valence-electron chi connectivity index (χ4n) is 3.47. The molecule has 3 fully saturated rings. The highest BCUT2D eigenvalue weighted by Gasteiger charge is 2.47. The topological polar surface area (TPSA) is 114 Å². The minimum atomic E-state index is -1.26. The van der Waals surface area contributed by atoms with E-state index < -0.39 is 11.9 Å². The molecule has 4 N–H and O–H groups in total. The van der Waals surface area contributed by atoms with Gasteiger partial charge in [-0.05, 0) is 55.6 Å². The van der Waals surface area contributed by atoms with Gasteiger partial charge < -0.3 is 15.9 Å². The summed E-state index contributed by atoms with van der Waals surface area (Å²) >= 11 is 0. The maximum Gasteiger partial charge on any atom is 0.328 e. The number of nitrogens with zero attached hydrogens (tertiary/aromatic N) is 1. The number of carbonyl (C=O) groups is 2. The number of aromatic nitrogens is 1. The van der Waals surface area contributed by atoms with E-state index in [0.717, 1.165) is 0 Å². The quantitative estimate of drug-likeness (QED) is 0.735. The maximum atomic E-state index is 9.55. The number of hydrogen-bond acceptors (Lipinski definition) is 4. The summed E-state index contributed by atoms with van der Waals surface area (Å²) in [6.07, 6.45) is 12.4. The molecule has 23 heavy (non-hydrogen) atoms. The molecular formula is C17H22N2O4. The average molecular weight is 318 g/mol. The van der Waals surface area contributed by atoms with E-state index in [0.29, 0.717) is 17.6 Å². The molecule has 3 aliphatic carbocycles. The highest BCUT2D eigenvalue weighted by atomic mass is 16.4. The molecule has 0 atom stereocenters. The molecule has 0 radical (unpaired) electrons. The zero-order valence-corrected chi connectivity index (χ0v) is 12.9. The number of fused-ring (bicyclic) bond motifs is 3. The minimum absolute atomic E-state index is 0.171. The zero-order chi connectivity index (χ0) is 16.9. The van der Waals surface area contributed by atoms with Gasteiger partial charge in [-0.2, -0.15) is 0 Å². The number of rotatable bonds is 3. The van der Waals surface area contributed by atoms with E-state index in [2.05, 4.69) is 23.3 Å². The fourth-order valence-corrected chi connectivity index (χ4v) is 3.47. The predicted molar refractivity (Wildman–Crippen MR) is 84.9 cm³/mol. The van der Waals surface area contributed by atoms with E-state index in [1.54, 1.807) is 0 Å². The SMILES string of the molecule is NC12CCC(c3cccnc3)(CC1)CC2.O=C(O)/C=C\C(=O)O. The molecule has 3 saturated carbocycles. The Balaban J connectivity index is 0.000000207. The fraction of sp³-hybridized carbons (Fsp3) is 0.471. The van der Waals surface area contributed by atoms with Gasteiger partial charge in [-0.15, -0.1) is 0 Å². The van der Waals surface area contributed by atoms with Gasteiger partial charge in [-0.3, -0.25) is 4.98 Å². The zero-order valence-electron chi connectivity index (χ0n) is 12.9. The molecule has 0 unspecified atom stereocenters. The van der Waals surface area contributed by atoms with Crippen LogP contribution >= 0.6 is 0 Å². The Labute approximate surface area is 135 Å². The highest BCUT2D eigenvalue weighted by molar-refractivity contribution is 5.89. The molecule has 1 aromatic rings. The third kappa shape index (κ3) is 4.39. The van der Waals surface area contributed by atoms with E-state index in [1.807, 2.05) is 6.20 Å². The van der Waals surface area contributed by atoms with Gasteiger partial charge in [0.25, 0.3) is 0 Å². The Kier molecular flexibility index (Phi) is 5.15. The second kappa shape index (κ2) is 6.91. The molecule has 0 spiro atoms. The van der Waals surface area contributed by atoms with Gasteiger partial charge in [0.15, 0.2) is 0 Å². The standard InChI is InChI=1S/C13H18N2.C4H4O4/c14-13-6-3-12(4-7-13,5-8-13)11-2-1-9-15-10-11;5-3(6)1-2-4(7)8/h1-2,9-10H,3-8,14H2;1-2H,(H,5,6)(H,7,8)/b;2-1-. The summed E-state index contributed by atoms with van der Waals surface area (Å²) in [5.41, 5.74) is 8.34. The molecule has 124 valence electrons. The number of nitrogens with two attached hydrogens (primary N) is 1. The first-order chi connectivity index (χ1) is 10.9. The number of hydrogen-bond donors (Lipinski definition) is 3. The van der Waals surface area contributed by atoms with Crippen LogP contribution in [-0.4, -0.2) is 32.7 Å². The molecule has 2 bridgehead atoms. The van der Waals surface area contributed by atoms with Gasteiger partial charge in [-0.25, -0.2) is 9.59 Å². The van der Waals surface area contributed by atoms with Crippen molar-refractivity contribution < 1.29 is 19.8 Å². The second-order valence-corrected chi connectivity index (χ2v) is 6.39. The van der Waals surface area contributed by atoms with Crippen LogP contribution in [0.5, 0.6) is 0 Å². The first-order valence-electron chi connectivity index (χ1n) is 7.69. The van der Waals surface area contributed by atoms with Gasteiger partial charge >= 0.3 is 11.9 Å². The van der Waals surface area contributed by atoms with Gasteiger partial charge in [0.1, 0.15) is 0 Å². The van der Waals surface area contributed by atoms with Crippen LogP contribution < -0.4 is 5.73 Å². The first kappa shape index (κ1) is 17.1. The number of pyridine rings is 1. The van der Waals surface area contributed by atoms with E-state index in [4.69, 9.17) is 15.9 Å². The van der Waals surface area contributed by atoms with E-state index in [1.165, 1.54) is 44.1 Å². The van der Waals surface area contributed by atoms with Gasteiger partial charge in [0.2, 0.25) is 0 Å². The summed E-state index contributed by atoms with van der Waals surface area (Å²) in [4.78, 5) is 23.4. The Bertz CT molecular complexity index is 557. The van der Waals surface area contributed by atoms with Crippen molar-refractivity contribution in [2.45, 2.75) is 49.5 Å². The third-order valence-corrected chi connectivity index (χ3v) is 4.95. The van der Waals surface area contributed by atoms with Crippen LogP contribution in [0.25, 0.3) is 0 Å². The molecule has 0 aromatic carbocycles. The minimum Gasteiger partial charge on any atom is -0.478 e. The van der Waals surface area contributed by atoms with Crippen LogP contribution in [0.4, 0.5) is 0 Å². The first-order valence-corrected chi connectivity index (χ1v) is 7.69. The third-order valence-electron chi connectivity index (χ3n) is 4.95. The predicted octanol–water partition coefficient (Wildman–Crippen LogP) is 2.10. The molecule has 6 nitrogen and oxygen atoms in total. The average Bonchev–Trinajstić information content (AvgIpc) is 2.55. The lowest BCUT2D eigenvalue weighted by atomic mass is 9.55. The van der Waals surface area contributed by atoms with Gasteiger partial charge in [0, 0.05) is 30.1 Å². The lowest BCUT2D eigenvalue weighted by Gasteiger charge is -2.52. The number of aliphatic carboxylic acids is 2. The van der Waals surface area contributed by atoms with Gasteiger partial charge in [-0.1, -0.05) is 6.07 Å². The summed E-state index contributed by atoms with van der Waals surface area (Å²) in [7, 11) is 0. The van der Waals surface area contributed by atoms with Crippen molar-refractivity contribution in [2.75, 3.05) is 0 Å². The van der Waals surface area contributed by atoms with Crippen LogP contribution in [0.3, 0.4) is 0 Å². The molecule has 0 saturated heterocycles. The van der Waals surface area contributed by atoms with Crippen molar-refractivity contribution in [3.05, 3.63) is 42.2 Å². The van der Waals surface area contributed by atoms with Crippen molar-refractivity contribution in [3.8, 4) is 0 Å². The molecule has 0 amide bonds. The molecule has 1 aromatic heterocycles. The van der Waals surface area contributed by atoms with Crippen molar-refractivity contribution in [1.82, 2.24) is 4.98 Å². The van der Waals surface area contributed by atoms with E-state index in [-0.39, 0.29) is 5.54 Å². The summed E-state index contributed by atoms with van der Waals surface area (Å²) in [6, 6.07) is 4.30. The Hall–Kier alpha value is -2.21. The molecule has 0 aliphatic heterocycles. The Morgan fingerprint density at radius 1 is 1.04 bits per heavy atom. The maximum absolute atomic E-state index is 9.55. The lowest BCUT2D eigenvalue weighted by Crippen LogP contribution is -2.53. The molecular weight excluding hydrogens is 296 g/mol. The summed E-state index contributed by atoms with van der Waals surface area (Å²) in [5, 5.41) is 15.6. The number of carboxylic acid groups (broad SMARTS) is 2. The second-order valence-electron chi connectivity index (χ2n) is 6.39. The van der Waals surface area contributed by atoms with Crippen LogP contribution in [-0.2, 0) is 15.0 Å².